The van der Waals surface area contributed by atoms with Crippen LogP contribution in [-0.4, -0.2) is 26.0 Å². The van der Waals surface area contributed by atoms with Gasteiger partial charge in [0.15, 0.2) is 5.16 Å². The van der Waals surface area contributed by atoms with Crippen LogP contribution >= 0.6 is 11.8 Å². The molecule has 0 saturated carbocycles. The predicted molar refractivity (Wildman–Crippen MR) is 102 cm³/mol. The van der Waals surface area contributed by atoms with E-state index in [1.54, 1.807) is 24.3 Å². The Bertz CT molecular complexity index is 1040. The Kier molecular flexibility index (Phi) is 6.20. The SMILES string of the molecule is O=C(NNc1ccc(C(F)(F)F)cc1[N+](=O)[O-])c1ccc(CSc2ncn[nH]2)cc1. The maximum atomic E-state index is 12.7. The van der Waals surface area contributed by atoms with E-state index < -0.39 is 28.3 Å². The average Bonchev–Trinajstić information content (AvgIpc) is 3.23. The molecular weight excluding hydrogens is 425 g/mol. The second-order valence-electron chi connectivity index (χ2n) is 5.84. The van der Waals surface area contributed by atoms with Crippen molar-refractivity contribution in [2.45, 2.75) is 17.1 Å². The molecule has 3 N–H and O–H groups in total. The summed E-state index contributed by atoms with van der Waals surface area (Å²) in [6.07, 6.45) is -3.33. The largest absolute Gasteiger partial charge is 0.416 e. The zero-order chi connectivity index (χ0) is 21.7. The number of thioether (sulfide) groups is 1. The van der Waals surface area contributed by atoms with Gasteiger partial charge >= 0.3 is 6.18 Å². The number of aromatic amines is 1. The fourth-order valence-corrected chi connectivity index (χ4v) is 3.06. The zero-order valence-corrected chi connectivity index (χ0v) is 15.8. The molecule has 9 nitrogen and oxygen atoms in total. The second-order valence-corrected chi connectivity index (χ2v) is 6.81. The van der Waals surface area contributed by atoms with Crippen molar-refractivity contribution in [3.63, 3.8) is 0 Å². The van der Waals surface area contributed by atoms with E-state index in [2.05, 4.69) is 26.0 Å². The molecule has 3 rings (SSSR count). The van der Waals surface area contributed by atoms with Gasteiger partial charge in [-0.3, -0.25) is 30.9 Å². The molecule has 2 aromatic carbocycles. The normalized spacial score (nSPS) is 11.2. The maximum Gasteiger partial charge on any atom is 0.416 e. The number of nitrogens with one attached hydrogen (secondary N) is 3. The monoisotopic (exact) mass is 438 g/mol. The van der Waals surface area contributed by atoms with Crippen LogP contribution in [0.25, 0.3) is 0 Å². The van der Waals surface area contributed by atoms with Crippen LogP contribution in [0.2, 0.25) is 0 Å². The highest BCUT2D eigenvalue weighted by atomic mass is 32.2. The first-order chi connectivity index (χ1) is 14.2. The molecule has 0 aliphatic heterocycles. The number of hydrazine groups is 1. The lowest BCUT2D eigenvalue weighted by molar-refractivity contribution is -0.384. The standard InChI is InChI=1S/C17H13F3N6O3S/c18-17(19,20)12-5-6-13(14(7-12)26(28)29)23-24-15(27)11-3-1-10(2-4-11)8-30-16-21-9-22-25-16/h1-7,9,23H,8H2,(H,24,27)(H,21,22,25). The first-order valence-electron chi connectivity index (χ1n) is 8.23. The van der Waals surface area contributed by atoms with Crippen molar-refractivity contribution in [1.29, 1.82) is 0 Å². The van der Waals surface area contributed by atoms with Crippen LogP contribution in [0, 0.1) is 10.1 Å². The van der Waals surface area contributed by atoms with Gasteiger partial charge in [0.25, 0.3) is 11.6 Å². The number of H-pyrrole nitrogens is 1. The number of anilines is 1. The molecule has 0 unspecified atom stereocenters. The number of hydrogen-bond donors (Lipinski definition) is 3. The van der Waals surface area contributed by atoms with Gasteiger partial charge in [0.1, 0.15) is 12.0 Å². The lowest BCUT2D eigenvalue weighted by Gasteiger charge is -2.11. The molecule has 0 saturated heterocycles. The fourth-order valence-electron chi connectivity index (χ4n) is 2.33. The van der Waals surface area contributed by atoms with Crippen molar-refractivity contribution in [3.8, 4) is 0 Å². The van der Waals surface area contributed by atoms with Gasteiger partial charge in [-0.05, 0) is 29.8 Å². The summed E-state index contributed by atoms with van der Waals surface area (Å²) >= 11 is 1.42. The summed E-state index contributed by atoms with van der Waals surface area (Å²) in [5.74, 6) is -0.0220. The van der Waals surface area contributed by atoms with Crippen LogP contribution in [-0.2, 0) is 11.9 Å². The van der Waals surface area contributed by atoms with E-state index in [1.165, 1.54) is 18.1 Å². The summed E-state index contributed by atoms with van der Waals surface area (Å²) in [5, 5.41) is 18.2. The van der Waals surface area contributed by atoms with Crippen molar-refractivity contribution in [3.05, 3.63) is 75.6 Å². The second kappa shape index (κ2) is 8.82. The number of aromatic nitrogens is 3. The number of hydrogen-bond acceptors (Lipinski definition) is 7. The fraction of sp³-hybridized carbons (Fsp3) is 0.118. The first-order valence-corrected chi connectivity index (χ1v) is 9.21. The Hall–Kier alpha value is -3.61. The Morgan fingerprint density at radius 1 is 1.20 bits per heavy atom. The van der Waals surface area contributed by atoms with Crippen molar-refractivity contribution in [1.82, 2.24) is 20.6 Å². The van der Waals surface area contributed by atoms with Gasteiger partial charge in [-0.15, -0.1) is 0 Å². The Morgan fingerprint density at radius 2 is 1.93 bits per heavy atom. The molecule has 0 spiro atoms. The van der Waals surface area contributed by atoms with Crippen LogP contribution in [0.3, 0.4) is 0 Å². The summed E-state index contributed by atoms with van der Waals surface area (Å²) < 4.78 is 38.2. The van der Waals surface area contributed by atoms with Crippen molar-refractivity contribution >= 4 is 29.0 Å². The van der Waals surface area contributed by atoms with Gasteiger partial charge in [-0.1, -0.05) is 23.9 Å². The quantitative estimate of drug-likeness (QED) is 0.291. The number of nitro benzene ring substituents is 1. The molecule has 13 heteroatoms. The van der Waals surface area contributed by atoms with E-state index >= 15 is 0 Å². The number of nitro groups is 1. The van der Waals surface area contributed by atoms with Gasteiger partial charge in [0.05, 0.1) is 10.5 Å². The minimum Gasteiger partial charge on any atom is -0.292 e. The van der Waals surface area contributed by atoms with Crippen LogP contribution in [0.1, 0.15) is 21.5 Å². The van der Waals surface area contributed by atoms with Gasteiger partial charge in [-0.25, -0.2) is 4.98 Å². The number of halogens is 3. The van der Waals surface area contributed by atoms with Gasteiger partial charge < -0.3 is 0 Å². The molecule has 3 aromatic rings. The molecule has 156 valence electrons. The average molecular weight is 438 g/mol. The third-order valence-electron chi connectivity index (χ3n) is 3.82. The van der Waals surface area contributed by atoms with Crippen molar-refractivity contribution in [2.75, 3.05) is 5.43 Å². The topological polar surface area (TPSA) is 126 Å². The lowest BCUT2D eigenvalue weighted by Crippen LogP contribution is -2.29. The molecule has 0 atom stereocenters. The van der Waals surface area contributed by atoms with E-state index in [0.29, 0.717) is 23.0 Å². The highest BCUT2D eigenvalue weighted by Gasteiger charge is 2.33. The van der Waals surface area contributed by atoms with Gasteiger partial charge in [-0.2, -0.15) is 18.3 Å². The minimum atomic E-state index is -4.72. The molecule has 1 heterocycles. The summed E-state index contributed by atoms with van der Waals surface area (Å²) in [6.45, 7) is 0. The number of amides is 1. The zero-order valence-electron chi connectivity index (χ0n) is 14.9. The van der Waals surface area contributed by atoms with Crippen molar-refractivity contribution in [2.24, 2.45) is 0 Å². The third-order valence-corrected chi connectivity index (χ3v) is 4.76. The summed E-state index contributed by atoms with van der Waals surface area (Å²) in [4.78, 5) is 26.3. The summed E-state index contributed by atoms with van der Waals surface area (Å²) in [6, 6.07) is 8.50. The molecule has 1 aromatic heterocycles. The molecule has 1 amide bonds. The Balaban J connectivity index is 1.63. The van der Waals surface area contributed by atoms with E-state index in [0.717, 1.165) is 11.6 Å². The van der Waals surface area contributed by atoms with Gasteiger partial charge in [0.2, 0.25) is 0 Å². The van der Waals surface area contributed by atoms with E-state index in [9.17, 15) is 28.1 Å². The molecule has 0 aliphatic rings. The highest BCUT2D eigenvalue weighted by molar-refractivity contribution is 7.98. The molecule has 30 heavy (non-hydrogen) atoms. The first kappa shape index (κ1) is 21.1. The van der Waals surface area contributed by atoms with Crippen LogP contribution < -0.4 is 10.9 Å². The lowest BCUT2D eigenvalue weighted by atomic mass is 10.1. The third kappa shape index (κ3) is 5.26. The van der Waals surface area contributed by atoms with Crippen LogP contribution in [0.15, 0.2) is 53.9 Å². The number of nitrogens with zero attached hydrogens (tertiary/aromatic N) is 3. The number of carbonyl (C=O) groups excluding carboxylic acids is 1. The van der Waals surface area contributed by atoms with Crippen LogP contribution in [0.4, 0.5) is 24.5 Å². The number of carbonyl (C=O) groups is 1. The Morgan fingerprint density at radius 3 is 2.53 bits per heavy atom. The van der Waals surface area contributed by atoms with Crippen molar-refractivity contribution < 1.29 is 22.9 Å². The maximum absolute atomic E-state index is 12.7. The molecule has 0 fully saturated rings. The molecule has 0 bridgehead atoms. The van der Waals surface area contributed by atoms with E-state index in [1.807, 2.05) is 0 Å². The molecule has 0 aliphatic carbocycles. The van der Waals surface area contributed by atoms with E-state index in [-0.39, 0.29) is 11.3 Å². The number of rotatable bonds is 7. The van der Waals surface area contributed by atoms with Crippen LogP contribution in [0.5, 0.6) is 0 Å². The Labute approximate surface area is 171 Å². The molecule has 0 radical (unpaired) electrons. The molecular formula is C17H13F3N6O3S. The predicted octanol–water partition coefficient (Wildman–Crippen LogP) is 3.78. The minimum absolute atomic E-state index is 0.255. The smallest absolute Gasteiger partial charge is 0.292 e. The number of alkyl halides is 3. The number of benzene rings is 2. The summed E-state index contributed by atoms with van der Waals surface area (Å²) in [7, 11) is 0. The summed E-state index contributed by atoms with van der Waals surface area (Å²) in [5.41, 5.74) is 3.45. The van der Waals surface area contributed by atoms with E-state index in [4.69, 9.17) is 0 Å². The highest BCUT2D eigenvalue weighted by Crippen LogP contribution is 2.34. The van der Waals surface area contributed by atoms with Gasteiger partial charge in [0, 0.05) is 17.4 Å².